The summed E-state index contributed by atoms with van der Waals surface area (Å²) in [5.74, 6) is 1.10. The first kappa shape index (κ1) is 19.9. The number of aromatic nitrogens is 1. The van der Waals surface area contributed by atoms with Crippen LogP contribution in [-0.2, 0) is 16.1 Å². The maximum atomic E-state index is 12.8. The molecule has 1 N–H and O–H groups in total. The molecule has 28 heavy (non-hydrogen) atoms. The normalized spacial score (nSPS) is 16.1. The van der Waals surface area contributed by atoms with Crippen LogP contribution in [0.25, 0.3) is 0 Å². The fourth-order valence-electron chi connectivity index (χ4n) is 3.44. The second-order valence-electron chi connectivity index (χ2n) is 7.17. The molecule has 0 bridgehead atoms. The number of fused-ring (bicyclic) bond motifs is 1. The van der Waals surface area contributed by atoms with Gasteiger partial charge < -0.3 is 19.5 Å². The molecule has 0 saturated carbocycles. The Morgan fingerprint density at radius 1 is 1.29 bits per heavy atom. The lowest BCUT2D eigenvalue weighted by atomic mass is 10.0. The third kappa shape index (κ3) is 3.74. The topological polar surface area (TPSA) is 84.7 Å². The van der Waals surface area contributed by atoms with Crippen molar-refractivity contribution in [2.45, 2.75) is 60.1 Å². The summed E-state index contributed by atoms with van der Waals surface area (Å²) in [6.07, 6.45) is 0.979. The second kappa shape index (κ2) is 8.04. The Morgan fingerprint density at radius 3 is 2.61 bits per heavy atom. The molecule has 0 fully saturated rings. The molecule has 1 aromatic heterocycles. The minimum absolute atomic E-state index is 0.0151. The van der Waals surface area contributed by atoms with Crippen molar-refractivity contribution in [2.24, 2.45) is 5.92 Å². The summed E-state index contributed by atoms with van der Waals surface area (Å²) in [6.45, 7) is 9.75. The number of hydrogen-bond donors (Lipinski definition) is 1. The Kier molecular flexibility index (Phi) is 5.72. The van der Waals surface area contributed by atoms with Crippen molar-refractivity contribution in [3.63, 3.8) is 0 Å². The Balaban J connectivity index is 1.93. The molecule has 0 spiro atoms. The maximum Gasteiger partial charge on any atom is 0.268 e. The van der Waals surface area contributed by atoms with Gasteiger partial charge in [-0.3, -0.25) is 9.59 Å². The highest BCUT2D eigenvalue weighted by Gasteiger charge is 2.33. The zero-order valence-corrected chi connectivity index (χ0v) is 17.0. The monoisotopic (exact) mass is 385 g/mol. The van der Waals surface area contributed by atoms with Crippen molar-refractivity contribution in [3.8, 4) is 5.75 Å². The molecular formula is C21H27N3O4. The molecule has 3 rings (SSSR count). The van der Waals surface area contributed by atoms with E-state index in [1.807, 2.05) is 27.7 Å². The molecule has 7 nitrogen and oxygen atoms in total. The van der Waals surface area contributed by atoms with E-state index in [0.717, 1.165) is 24.1 Å². The van der Waals surface area contributed by atoms with Gasteiger partial charge in [0.05, 0.1) is 17.9 Å². The van der Waals surface area contributed by atoms with E-state index in [0.29, 0.717) is 29.4 Å². The third-order valence-corrected chi connectivity index (χ3v) is 5.29. The van der Waals surface area contributed by atoms with E-state index in [1.54, 1.807) is 30.0 Å². The van der Waals surface area contributed by atoms with Crippen LogP contribution in [0.15, 0.2) is 22.7 Å². The van der Waals surface area contributed by atoms with Crippen LogP contribution in [0, 0.1) is 19.8 Å². The van der Waals surface area contributed by atoms with Crippen molar-refractivity contribution >= 4 is 23.2 Å². The number of hydrogen-bond acceptors (Lipinski definition) is 5. The minimum Gasteiger partial charge on any atom is -0.479 e. The van der Waals surface area contributed by atoms with Crippen LogP contribution >= 0.6 is 0 Å². The van der Waals surface area contributed by atoms with Gasteiger partial charge in [-0.25, -0.2) is 0 Å². The van der Waals surface area contributed by atoms with E-state index in [9.17, 15) is 9.59 Å². The Morgan fingerprint density at radius 2 is 2.00 bits per heavy atom. The average molecular weight is 385 g/mol. The first-order valence-electron chi connectivity index (χ1n) is 9.70. The van der Waals surface area contributed by atoms with E-state index >= 15 is 0 Å². The number of nitrogens with zero attached hydrogens (tertiary/aromatic N) is 2. The van der Waals surface area contributed by atoms with Crippen molar-refractivity contribution in [3.05, 3.63) is 35.2 Å². The van der Waals surface area contributed by atoms with Gasteiger partial charge in [-0.15, -0.1) is 0 Å². The fraction of sp³-hybridized carbons (Fsp3) is 0.476. The smallest absolute Gasteiger partial charge is 0.268 e. The first-order chi connectivity index (χ1) is 13.3. The quantitative estimate of drug-likeness (QED) is 0.813. The van der Waals surface area contributed by atoms with Gasteiger partial charge in [0.25, 0.3) is 5.91 Å². The summed E-state index contributed by atoms with van der Waals surface area (Å²) in [7, 11) is 0. The minimum atomic E-state index is -0.585. The predicted molar refractivity (Wildman–Crippen MR) is 106 cm³/mol. The van der Waals surface area contributed by atoms with Gasteiger partial charge in [-0.1, -0.05) is 19.0 Å². The summed E-state index contributed by atoms with van der Waals surface area (Å²) in [5, 5.41) is 6.93. The number of nitrogens with one attached hydrogen (secondary N) is 1. The lowest BCUT2D eigenvalue weighted by Crippen LogP contribution is -2.44. The zero-order chi connectivity index (χ0) is 20.4. The summed E-state index contributed by atoms with van der Waals surface area (Å²) in [4.78, 5) is 26.9. The van der Waals surface area contributed by atoms with Crippen molar-refractivity contribution < 1.29 is 18.8 Å². The number of amides is 2. The molecule has 2 amide bonds. The van der Waals surface area contributed by atoms with Crippen LogP contribution < -0.4 is 15.0 Å². The van der Waals surface area contributed by atoms with Gasteiger partial charge in [-0.2, -0.15) is 0 Å². The number of carbonyl (C=O) groups excluding carboxylic acids is 2. The Bertz CT molecular complexity index is 866. The number of ether oxygens (including phenoxy) is 1. The van der Waals surface area contributed by atoms with E-state index in [1.165, 1.54) is 0 Å². The van der Waals surface area contributed by atoms with Crippen LogP contribution in [0.4, 0.5) is 11.4 Å². The van der Waals surface area contributed by atoms with Gasteiger partial charge in [0.15, 0.2) is 6.10 Å². The average Bonchev–Trinajstić information content (AvgIpc) is 2.98. The van der Waals surface area contributed by atoms with Crippen molar-refractivity contribution in [1.29, 1.82) is 0 Å². The SMILES string of the molecule is CCC(CC)C(=O)Nc1ccc2c(c1)N(Cc1c(C)noc1C)C(=O)C(C)O2. The zero-order valence-electron chi connectivity index (χ0n) is 17.0. The first-order valence-corrected chi connectivity index (χ1v) is 9.70. The molecule has 7 heteroatoms. The molecule has 1 aromatic carbocycles. The van der Waals surface area contributed by atoms with Crippen LogP contribution in [0.2, 0.25) is 0 Å². The number of carbonyl (C=O) groups is 2. The van der Waals surface area contributed by atoms with Crippen LogP contribution in [0.3, 0.4) is 0 Å². The molecule has 0 saturated heterocycles. The fourth-order valence-corrected chi connectivity index (χ4v) is 3.44. The molecule has 2 aromatic rings. The standard InChI is InChI=1S/C21H27N3O4/c1-6-15(7-2)20(25)22-16-8-9-19-18(10-16)24(21(26)14(5)27-19)11-17-12(3)23-28-13(17)4/h8-10,14-15H,6-7,11H2,1-5H3,(H,22,25). The number of rotatable bonds is 6. The van der Waals surface area contributed by atoms with Gasteiger partial charge in [-0.05, 0) is 51.8 Å². The van der Waals surface area contributed by atoms with E-state index in [2.05, 4.69) is 10.5 Å². The predicted octanol–water partition coefficient (Wildman–Crippen LogP) is 3.98. The van der Waals surface area contributed by atoms with Gasteiger partial charge in [0.1, 0.15) is 11.5 Å². The Labute approximate surface area is 165 Å². The summed E-state index contributed by atoms with van der Waals surface area (Å²) >= 11 is 0. The third-order valence-electron chi connectivity index (χ3n) is 5.29. The van der Waals surface area contributed by atoms with Crippen molar-refractivity contribution in [1.82, 2.24) is 5.16 Å². The Hall–Kier alpha value is -2.83. The van der Waals surface area contributed by atoms with E-state index in [-0.39, 0.29) is 17.7 Å². The molecule has 1 unspecified atom stereocenters. The maximum absolute atomic E-state index is 12.8. The highest BCUT2D eigenvalue weighted by atomic mass is 16.5. The summed E-state index contributed by atoms with van der Waals surface area (Å²) < 4.78 is 11.0. The molecule has 0 aliphatic carbocycles. The van der Waals surface area contributed by atoms with E-state index in [4.69, 9.17) is 9.26 Å². The number of anilines is 2. The molecule has 1 aliphatic heterocycles. The van der Waals surface area contributed by atoms with Gasteiger partial charge in [0, 0.05) is 17.2 Å². The van der Waals surface area contributed by atoms with Gasteiger partial charge >= 0.3 is 0 Å². The number of benzene rings is 1. The second-order valence-corrected chi connectivity index (χ2v) is 7.17. The molecule has 1 aliphatic rings. The van der Waals surface area contributed by atoms with Crippen LogP contribution in [-0.4, -0.2) is 23.1 Å². The largest absolute Gasteiger partial charge is 0.479 e. The van der Waals surface area contributed by atoms with Crippen LogP contribution in [0.1, 0.15) is 50.6 Å². The highest BCUT2D eigenvalue weighted by molar-refractivity contribution is 6.01. The van der Waals surface area contributed by atoms with Crippen molar-refractivity contribution in [2.75, 3.05) is 10.2 Å². The molecule has 1 atom stereocenters. The molecular weight excluding hydrogens is 358 g/mol. The molecule has 150 valence electrons. The molecule has 2 heterocycles. The number of aryl methyl sites for hydroxylation is 2. The summed E-state index contributed by atoms with van der Waals surface area (Å²) in [6, 6.07) is 5.38. The highest BCUT2D eigenvalue weighted by Crippen LogP contribution is 2.38. The lowest BCUT2D eigenvalue weighted by Gasteiger charge is -2.33. The van der Waals surface area contributed by atoms with Gasteiger partial charge in [0.2, 0.25) is 5.91 Å². The van der Waals surface area contributed by atoms with E-state index < -0.39 is 6.10 Å². The summed E-state index contributed by atoms with van der Waals surface area (Å²) in [5.41, 5.74) is 2.90. The van der Waals surface area contributed by atoms with Crippen LogP contribution in [0.5, 0.6) is 5.75 Å². The lowest BCUT2D eigenvalue weighted by molar-refractivity contribution is -0.125. The molecule has 0 radical (unpaired) electrons.